The van der Waals surface area contributed by atoms with Gasteiger partial charge in [-0.3, -0.25) is 4.55 Å². The molecule has 2 aromatic rings. The first kappa shape index (κ1) is 12.1. The van der Waals surface area contributed by atoms with Gasteiger partial charge in [0.1, 0.15) is 0 Å². The molecule has 0 saturated carbocycles. The molecule has 0 bridgehead atoms. The summed E-state index contributed by atoms with van der Waals surface area (Å²) in [6, 6.07) is 9.19. The van der Waals surface area contributed by atoms with Gasteiger partial charge in [-0.05, 0) is 41.3 Å². The number of fused-ring (bicyclic) bond motifs is 1. The zero-order chi connectivity index (χ0) is 12.6. The molecule has 0 atom stereocenters. The zero-order valence-electron chi connectivity index (χ0n) is 9.77. The maximum Gasteiger partial charge on any atom is 0.294 e. The molecule has 0 saturated heterocycles. The standard InChI is InChI=1S/C13H14O3S/c1-3-10-8-13(17(14,15)16)9(2)11-6-4-5-7-12(10)11/h4-8H,3H2,1-2H3,(H,14,15,16). The van der Waals surface area contributed by atoms with Crippen molar-refractivity contribution >= 4 is 20.9 Å². The van der Waals surface area contributed by atoms with Crippen LogP contribution in [-0.4, -0.2) is 13.0 Å². The van der Waals surface area contributed by atoms with Gasteiger partial charge in [-0.25, -0.2) is 0 Å². The maximum atomic E-state index is 11.3. The molecule has 0 spiro atoms. The summed E-state index contributed by atoms with van der Waals surface area (Å²) in [4.78, 5) is 0.00745. The van der Waals surface area contributed by atoms with Gasteiger partial charge in [0.05, 0.1) is 4.90 Å². The summed E-state index contributed by atoms with van der Waals surface area (Å²) in [6.07, 6.45) is 0.726. The van der Waals surface area contributed by atoms with E-state index >= 15 is 0 Å². The average molecular weight is 250 g/mol. The molecular formula is C13H14O3S. The topological polar surface area (TPSA) is 54.4 Å². The van der Waals surface area contributed by atoms with E-state index in [1.807, 2.05) is 31.2 Å². The quantitative estimate of drug-likeness (QED) is 0.834. The van der Waals surface area contributed by atoms with Gasteiger partial charge in [-0.2, -0.15) is 8.42 Å². The van der Waals surface area contributed by atoms with E-state index in [1.165, 1.54) is 0 Å². The van der Waals surface area contributed by atoms with Crippen LogP contribution in [0.1, 0.15) is 18.1 Å². The molecule has 0 aliphatic heterocycles. The lowest BCUT2D eigenvalue weighted by Crippen LogP contribution is -2.03. The van der Waals surface area contributed by atoms with Crippen molar-refractivity contribution < 1.29 is 13.0 Å². The summed E-state index contributed by atoms with van der Waals surface area (Å²) in [7, 11) is -4.16. The zero-order valence-corrected chi connectivity index (χ0v) is 10.6. The number of aryl methyl sites for hydroxylation is 2. The summed E-state index contributed by atoms with van der Waals surface area (Å²) in [5.41, 5.74) is 1.53. The van der Waals surface area contributed by atoms with E-state index < -0.39 is 10.1 Å². The molecule has 0 aliphatic rings. The Labute approximate surface area is 101 Å². The Kier molecular flexibility index (Phi) is 2.93. The van der Waals surface area contributed by atoms with E-state index in [-0.39, 0.29) is 4.90 Å². The van der Waals surface area contributed by atoms with Crippen LogP contribution in [-0.2, 0) is 16.5 Å². The van der Waals surface area contributed by atoms with Crippen molar-refractivity contribution in [3.63, 3.8) is 0 Å². The third-order valence-electron chi connectivity index (χ3n) is 3.01. The van der Waals surface area contributed by atoms with E-state index in [0.29, 0.717) is 5.56 Å². The van der Waals surface area contributed by atoms with E-state index in [2.05, 4.69) is 0 Å². The maximum absolute atomic E-state index is 11.3. The Morgan fingerprint density at radius 2 is 1.76 bits per heavy atom. The fourth-order valence-corrected chi connectivity index (χ4v) is 2.92. The first-order valence-electron chi connectivity index (χ1n) is 5.44. The second-order valence-corrected chi connectivity index (χ2v) is 5.42. The number of benzene rings is 2. The highest BCUT2D eigenvalue weighted by molar-refractivity contribution is 7.85. The third-order valence-corrected chi connectivity index (χ3v) is 3.99. The molecule has 2 aromatic carbocycles. The number of hydrogen-bond donors (Lipinski definition) is 1. The fourth-order valence-electron chi connectivity index (χ4n) is 2.13. The molecule has 0 radical (unpaired) electrons. The van der Waals surface area contributed by atoms with E-state index in [9.17, 15) is 13.0 Å². The van der Waals surface area contributed by atoms with Crippen LogP contribution < -0.4 is 0 Å². The van der Waals surface area contributed by atoms with Crippen LogP contribution in [0.4, 0.5) is 0 Å². The van der Waals surface area contributed by atoms with Crippen LogP contribution in [0, 0.1) is 6.92 Å². The Morgan fingerprint density at radius 3 is 2.29 bits per heavy atom. The smallest absolute Gasteiger partial charge is 0.282 e. The average Bonchev–Trinajstić information content (AvgIpc) is 2.28. The highest BCUT2D eigenvalue weighted by atomic mass is 32.2. The van der Waals surface area contributed by atoms with Crippen molar-refractivity contribution in [1.29, 1.82) is 0 Å². The molecule has 0 amide bonds. The van der Waals surface area contributed by atoms with Crippen LogP contribution >= 0.6 is 0 Å². The molecule has 0 aliphatic carbocycles. The van der Waals surface area contributed by atoms with Crippen molar-refractivity contribution in [2.45, 2.75) is 25.2 Å². The van der Waals surface area contributed by atoms with Crippen LogP contribution in [0.3, 0.4) is 0 Å². The SMILES string of the molecule is CCc1cc(S(=O)(=O)O)c(C)c2ccccc12. The minimum Gasteiger partial charge on any atom is -0.282 e. The van der Waals surface area contributed by atoms with Gasteiger partial charge in [0, 0.05) is 0 Å². The Morgan fingerprint density at radius 1 is 1.18 bits per heavy atom. The van der Waals surface area contributed by atoms with Gasteiger partial charge in [0.2, 0.25) is 0 Å². The molecular weight excluding hydrogens is 236 g/mol. The van der Waals surface area contributed by atoms with Gasteiger partial charge in [-0.1, -0.05) is 31.2 Å². The summed E-state index contributed by atoms with van der Waals surface area (Å²) >= 11 is 0. The van der Waals surface area contributed by atoms with Gasteiger partial charge < -0.3 is 0 Å². The Bertz CT molecular complexity index is 672. The van der Waals surface area contributed by atoms with Gasteiger partial charge in [0.25, 0.3) is 10.1 Å². The van der Waals surface area contributed by atoms with Crippen molar-refractivity contribution in [3.05, 3.63) is 41.5 Å². The lowest BCUT2D eigenvalue weighted by Gasteiger charge is -2.11. The molecule has 0 unspecified atom stereocenters. The Balaban J connectivity index is 2.95. The summed E-state index contributed by atoms with van der Waals surface area (Å²) in [6.45, 7) is 3.68. The van der Waals surface area contributed by atoms with Crippen molar-refractivity contribution in [3.8, 4) is 0 Å². The summed E-state index contributed by atoms with van der Waals surface area (Å²) in [5, 5.41) is 1.92. The first-order chi connectivity index (χ1) is 7.95. The van der Waals surface area contributed by atoms with Crippen LogP contribution in [0.15, 0.2) is 35.2 Å². The van der Waals surface area contributed by atoms with Gasteiger partial charge >= 0.3 is 0 Å². The van der Waals surface area contributed by atoms with E-state index in [0.717, 1.165) is 22.8 Å². The lowest BCUT2D eigenvalue weighted by molar-refractivity contribution is 0.482. The predicted molar refractivity (Wildman–Crippen MR) is 67.9 cm³/mol. The van der Waals surface area contributed by atoms with Crippen molar-refractivity contribution in [2.24, 2.45) is 0 Å². The largest absolute Gasteiger partial charge is 0.294 e. The summed E-state index contributed by atoms with van der Waals surface area (Å²) < 4.78 is 31.9. The fraction of sp³-hybridized carbons (Fsp3) is 0.231. The predicted octanol–water partition coefficient (Wildman–Crippen LogP) is 2.96. The third kappa shape index (κ3) is 2.06. The molecule has 4 heteroatoms. The van der Waals surface area contributed by atoms with Gasteiger partial charge in [0.15, 0.2) is 0 Å². The molecule has 2 rings (SSSR count). The van der Waals surface area contributed by atoms with Crippen LogP contribution in [0.25, 0.3) is 10.8 Å². The molecule has 0 heterocycles. The lowest BCUT2D eigenvalue weighted by atomic mass is 9.99. The normalized spacial score (nSPS) is 11.9. The van der Waals surface area contributed by atoms with Crippen molar-refractivity contribution in [1.82, 2.24) is 0 Å². The second kappa shape index (κ2) is 4.13. The molecule has 0 aromatic heterocycles. The monoisotopic (exact) mass is 250 g/mol. The minimum atomic E-state index is -4.16. The Hall–Kier alpha value is -1.39. The molecule has 90 valence electrons. The van der Waals surface area contributed by atoms with Gasteiger partial charge in [-0.15, -0.1) is 0 Å². The van der Waals surface area contributed by atoms with Crippen molar-refractivity contribution in [2.75, 3.05) is 0 Å². The van der Waals surface area contributed by atoms with E-state index in [1.54, 1.807) is 13.0 Å². The molecule has 3 nitrogen and oxygen atoms in total. The minimum absolute atomic E-state index is 0.00745. The van der Waals surface area contributed by atoms with Crippen LogP contribution in [0.2, 0.25) is 0 Å². The van der Waals surface area contributed by atoms with Crippen LogP contribution in [0.5, 0.6) is 0 Å². The summed E-state index contributed by atoms with van der Waals surface area (Å²) in [5.74, 6) is 0. The number of hydrogen-bond acceptors (Lipinski definition) is 2. The molecule has 0 fully saturated rings. The number of rotatable bonds is 2. The molecule has 17 heavy (non-hydrogen) atoms. The first-order valence-corrected chi connectivity index (χ1v) is 6.88. The highest BCUT2D eigenvalue weighted by Gasteiger charge is 2.17. The van der Waals surface area contributed by atoms with E-state index in [4.69, 9.17) is 0 Å². The molecule has 1 N–H and O–H groups in total. The second-order valence-electron chi connectivity index (χ2n) is 4.03. The highest BCUT2D eigenvalue weighted by Crippen LogP contribution is 2.28.